The molecule has 1 N–H and O–H groups in total. The number of carbonyl (C=O) groups excluding carboxylic acids is 1. The zero-order valence-electron chi connectivity index (χ0n) is 11.7. The fraction of sp³-hybridized carbons (Fsp3) is 0.600. The highest BCUT2D eigenvalue weighted by molar-refractivity contribution is 5.78. The maximum Gasteiger partial charge on any atom is 0.236 e. The molecule has 1 saturated carbocycles. The van der Waals surface area contributed by atoms with E-state index < -0.39 is 0 Å². The topological polar surface area (TPSA) is 69.3 Å². The highest BCUT2D eigenvalue weighted by atomic mass is 16.3. The van der Waals surface area contributed by atoms with Crippen LogP contribution in [0.1, 0.15) is 37.9 Å². The molecule has 5 nitrogen and oxygen atoms in total. The second-order valence-corrected chi connectivity index (χ2v) is 5.17. The van der Waals surface area contributed by atoms with Gasteiger partial charge >= 0.3 is 0 Å². The quantitative estimate of drug-likeness (QED) is 0.827. The molecule has 0 radical (unpaired) electrons. The third kappa shape index (κ3) is 4.39. The van der Waals surface area contributed by atoms with E-state index in [0.29, 0.717) is 32.1 Å². The summed E-state index contributed by atoms with van der Waals surface area (Å²) in [5, 5.41) is 12.0. The number of rotatable bonds is 7. The zero-order valence-corrected chi connectivity index (χ0v) is 11.7. The van der Waals surface area contributed by atoms with Crippen LogP contribution in [0.25, 0.3) is 0 Å². The van der Waals surface area contributed by atoms with Crippen LogP contribution in [0.3, 0.4) is 0 Å². The van der Waals surface area contributed by atoms with Crippen LogP contribution in [0.5, 0.6) is 0 Å². The Kier molecular flexibility index (Phi) is 5.63. The molecule has 108 valence electrons. The van der Waals surface area contributed by atoms with E-state index in [0.717, 1.165) is 18.6 Å². The maximum atomic E-state index is 12.2. The fourth-order valence-corrected chi connectivity index (χ4v) is 2.54. The Morgan fingerprint density at radius 3 is 2.95 bits per heavy atom. The summed E-state index contributed by atoms with van der Waals surface area (Å²) >= 11 is 0. The molecule has 0 saturated heterocycles. The Balaban J connectivity index is 1.84. The van der Waals surface area contributed by atoms with Crippen molar-refractivity contribution in [1.29, 1.82) is 5.26 Å². The Morgan fingerprint density at radius 1 is 1.50 bits per heavy atom. The normalized spacial score (nSPS) is 15.2. The lowest BCUT2D eigenvalue weighted by Gasteiger charge is -2.22. The van der Waals surface area contributed by atoms with Gasteiger partial charge in [-0.2, -0.15) is 5.26 Å². The molecule has 0 aliphatic heterocycles. The van der Waals surface area contributed by atoms with Crippen molar-refractivity contribution in [2.45, 2.75) is 44.7 Å². The van der Waals surface area contributed by atoms with Gasteiger partial charge in [0, 0.05) is 12.6 Å². The van der Waals surface area contributed by atoms with E-state index in [4.69, 9.17) is 9.68 Å². The Bertz CT molecular complexity index is 444. The van der Waals surface area contributed by atoms with Crippen LogP contribution in [-0.4, -0.2) is 29.9 Å². The molecule has 0 aromatic carbocycles. The average molecular weight is 275 g/mol. The summed E-state index contributed by atoms with van der Waals surface area (Å²) in [7, 11) is 0. The van der Waals surface area contributed by atoms with Crippen LogP contribution in [0, 0.1) is 11.3 Å². The lowest BCUT2D eigenvalue weighted by molar-refractivity contribution is -0.131. The zero-order chi connectivity index (χ0) is 14.2. The molecule has 0 spiro atoms. The predicted molar refractivity (Wildman–Crippen MR) is 74.6 cm³/mol. The lowest BCUT2D eigenvalue weighted by Crippen LogP contribution is -2.41. The van der Waals surface area contributed by atoms with Crippen LogP contribution in [-0.2, 0) is 11.3 Å². The maximum absolute atomic E-state index is 12.2. The van der Waals surface area contributed by atoms with Crippen molar-refractivity contribution in [1.82, 2.24) is 10.2 Å². The van der Waals surface area contributed by atoms with Gasteiger partial charge in [0.25, 0.3) is 0 Å². The first-order chi connectivity index (χ1) is 9.79. The van der Waals surface area contributed by atoms with E-state index >= 15 is 0 Å². The van der Waals surface area contributed by atoms with Crippen molar-refractivity contribution >= 4 is 5.91 Å². The van der Waals surface area contributed by atoms with Crippen LogP contribution >= 0.6 is 0 Å². The number of nitrogens with one attached hydrogen (secondary N) is 1. The van der Waals surface area contributed by atoms with E-state index in [1.54, 1.807) is 17.2 Å². The summed E-state index contributed by atoms with van der Waals surface area (Å²) in [6.45, 7) is 1.22. The molecule has 1 fully saturated rings. The molecular formula is C15H21N3O2. The van der Waals surface area contributed by atoms with Crippen molar-refractivity contribution in [3.63, 3.8) is 0 Å². The number of nitriles is 1. The van der Waals surface area contributed by atoms with Crippen molar-refractivity contribution in [2.75, 3.05) is 13.1 Å². The second-order valence-electron chi connectivity index (χ2n) is 5.17. The molecule has 2 rings (SSSR count). The molecule has 1 aliphatic carbocycles. The molecule has 0 unspecified atom stereocenters. The number of amides is 1. The second kappa shape index (κ2) is 7.71. The minimum Gasteiger partial charge on any atom is -0.467 e. The van der Waals surface area contributed by atoms with Crippen molar-refractivity contribution < 1.29 is 9.21 Å². The molecule has 0 atom stereocenters. The Hall–Kier alpha value is -1.80. The molecule has 0 bridgehead atoms. The molecule has 1 aliphatic rings. The monoisotopic (exact) mass is 275 g/mol. The van der Waals surface area contributed by atoms with Gasteiger partial charge in [0.05, 0.1) is 31.8 Å². The van der Waals surface area contributed by atoms with E-state index in [1.807, 2.05) is 6.07 Å². The van der Waals surface area contributed by atoms with Crippen LogP contribution in [0.4, 0.5) is 0 Å². The molecule has 1 amide bonds. The van der Waals surface area contributed by atoms with Crippen LogP contribution < -0.4 is 5.32 Å². The van der Waals surface area contributed by atoms with E-state index in [9.17, 15) is 4.79 Å². The SMILES string of the molecule is N#CCCN(Cc1ccco1)C(=O)CNC1CCCC1. The van der Waals surface area contributed by atoms with Gasteiger partial charge in [0.2, 0.25) is 5.91 Å². The molecule has 1 aromatic rings. The Labute approximate surface area is 119 Å². The largest absolute Gasteiger partial charge is 0.467 e. The van der Waals surface area contributed by atoms with Gasteiger partial charge < -0.3 is 14.6 Å². The van der Waals surface area contributed by atoms with Gasteiger partial charge in [-0.05, 0) is 25.0 Å². The van der Waals surface area contributed by atoms with Gasteiger partial charge in [0.1, 0.15) is 5.76 Å². The van der Waals surface area contributed by atoms with E-state index in [-0.39, 0.29) is 5.91 Å². The third-order valence-electron chi connectivity index (χ3n) is 3.67. The summed E-state index contributed by atoms with van der Waals surface area (Å²) < 4.78 is 5.27. The van der Waals surface area contributed by atoms with E-state index in [1.165, 1.54) is 12.8 Å². The number of nitrogens with zero attached hydrogens (tertiary/aromatic N) is 2. The molecule has 20 heavy (non-hydrogen) atoms. The molecule has 1 heterocycles. The first kappa shape index (κ1) is 14.6. The predicted octanol–water partition coefficient (Wildman–Crippen LogP) is 2.05. The van der Waals surface area contributed by atoms with E-state index in [2.05, 4.69) is 11.4 Å². The number of carbonyl (C=O) groups is 1. The average Bonchev–Trinajstić information content (AvgIpc) is 3.13. The highest BCUT2D eigenvalue weighted by Gasteiger charge is 2.19. The molecular weight excluding hydrogens is 254 g/mol. The summed E-state index contributed by atoms with van der Waals surface area (Å²) in [5.74, 6) is 0.778. The molecule has 1 aromatic heterocycles. The summed E-state index contributed by atoms with van der Waals surface area (Å²) in [6.07, 6.45) is 6.75. The van der Waals surface area contributed by atoms with Crippen LogP contribution in [0.15, 0.2) is 22.8 Å². The summed E-state index contributed by atoms with van der Waals surface area (Å²) in [5.41, 5.74) is 0. The van der Waals surface area contributed by atoms with Crippen molar-refractivity contribution in [3.05, 3.63) is 24.2 Å². The highest BCUT2D eigenvalue weighted by Crippen LogP contribution is 2.17. The standard InChI is InChI=1S/C15H21N3O2/c16-8-4-9-18(12-14-7-3-10-20-14)15(19)11-17-13-5-1-2-6-13/h3,7,10,13,17H,1-2,4-6,9,11-12H2. The lowest BCUT2D eigenvalue weighted by atomic mass is 10.2. The van der Waals surface area contributed by atoms with Gasteiger partial charge in [-0.3, -0.25) is 4.79 Å². The number of hydrogen-bond acceptors (Lipinski definition) is 4. The van der Waals surface area contributed by atoms with Gasteiger partial charge in [-0.1, -0.05) is 12.8 Å². The smallest absolute Gasteiger partial charge is 0.236 e. The first-order valence-corrected chi connectivity index (χ1v) is 7.20. The fourth-order valence-electron chi connectivity index (χ4n) is 2.54. The minimum absolute atomic E-state index is 0.0311. The minimum atomic E-state index is 0.0311. The van der Waals surface area contributed by atoms with Crippen molar-refractivity contribution in [3.8, 4) is 6.07 Å². The van der Waals surface area contributed by atoms with Crippen LogP contribution in [0.2, 0.25) is 0 Å². The summed E-state index contributed by atoms with van der Waals surface area (Å²) in [6, 6.07) is 6.21. The third-order valence-corrected chi connectivity index (χ3v) is 3.67. The van der Waals surface area contributed by atoms with Crippen molar-refractivity contribution in [2.24, 2.45) is 0 Å². The van der Waals surface area contributed by atoms with Gasteiger partial charge in [0.15, 0.2) is 0 Å². The Morgan fingerprint density at radius 2 is 2.30 bits per heavy atom. The number of furan rings is 1. The first-order valence-electron chi connectivity index (χ1n) is 7.20. The molecule has 5 heteroatoms. The van der Waals surface area contributed by atoms with Gasteiger partial charge in [-0.25, -0.2) is 0 Å². The summed E-state index contributed by atoms with van der Waals surface area (Å²) in [4.78, 5) is 13.9. The number of hydrogen-bond donors (Lipinski definition) is 1. The van der Waals surface area contributed by atoms with Gasteiger partial charge in [-0.15, -0.1) is 0 Å².